The smallest absolute Gasteiger partial charge is 0.289 e. The SMILES string of the molecule is O=C(NC[C@@H]1CCC2(CN(C(=O)C3CCC3)C2)OC1)c1ccno1. The molecule has 1 N–H and O–H groups in total. The van der Waals surface area contributed by atoms with Crippen LogP contribution in [0.4, 0.5) is 0 Å². The van der Waals surface area contributed by atoms with Crippen molar-refractivity contribution in [2.75, 3.05) is 26.2 Å². The normalized spacial score (nSPS) is 25.8. The fourth-order valence-electron chi connectivity index (χ4n) is 3.70. The Hall–Kier alpha value is -1.89. The summed E-state index contributed by atoms with van der Waals surface area (Å²) in [6.45, 7) is 2.67. The molecule has 1 aromatic heterocycles. The van der Waals surface area contributed by atoms with Crippen LogP contribution < -0.4 is 5.32 Å². The van der Waals surface area contributed by atoms with Crippen molar-refractivity contribution in [3.8, 4) is 0 Å². The van der Waals surface area contributed by atoms with Crippen LogP contribution in [-0.4, -0.2) is 53.7 Å². The van der Waals surface area contributed by atoms with Gasteiger partial charge >= 0.3 is 0 Å². The summed E-state index contributed by atoms with van der Waals surface area (Å²) in [7, 11) is 0. The summed E-state index contributed by atoms with van der Waals surface area (Å²) >= 11 is 0. The Morgan fingerprint density at radius 3 is 2.75 bits per heavy atom. The third-order valence-electron chi connectivity index (χ3n) is 5.57. The van der Waals surface area contributed by atoms with Gasteiger partial charge in [0.05, 0.1) is 25.9 Å². The average Bonchev–Trinajstić information content (AvgIpc) is 3.03. The van der Waals surface area contributed by atoms with Crippen LogP contribution in [0.15, 0.2) is 16.8 Å². The Labute approximate surface area is 140 Å². The molecule has 3 heterocycles. The number of hydrogen-bond donors (Lipinski definition) is 1. The van der Waals surface area contributed by atoms with Crippen molar-refractivity contribution in [2.24, 2.45) is 11.8 Å². The van der Waals surface area contributed by atoms with E-state index in [1.165, 1.54) is 12.6 Å². The first kappa shape index (κ1) is 15.6. The molecule has 3 aliphatic rings. The van der Waals surface area contributed by atoms with Crippen LogP contribution in [0.2, 0.25) is 0 Å². The van der Waals surface area contributed by atoms with Gasteiger partial charge in [-0.15, -0.1) is 0 Å². The van der Waals surface area contributed by atoms with E-state index >= 15 is 0 Å². The first-order valence-electron chi connectivity index (χ1n) is 8.77. The highest BCUT2D eigenvalue weighted by atomic mass is 16.5. The summed E-state index contributed by atoms with van der Waals surface area (Å²) in [6, 6.07) is 1.55. The zero-order valence-corrected chi connectivity index (χ0v) is 13.7. The molecule has 7 nitrogen and oxygen atoms in total. The quantitative estimate of drug-likeness (QED) is 0.895. The van der Waals surface area contributed by atoms with Crippen molar-refractivity contribution >= 4 is 11.8 Å². The minimum atomic E-state index is -0.242. The number of aromatic nitrogens is 1. The second-order valence-electron chi connectivity index (χ2n) is 7.31. The standard InChI is InChI=1S/C17H23N3O4/c21-15(14-5-7-19-24-14)18-8-12-4-6-17(23-9-12)10-20(11-17)16(22)13-2-1-3-13/h5,7,12-13H,1-4,6,8-11H2,(H,18,21)/t12-/m0/s1. The van der Waals surface area contributed by atoms with Crippen molar-refractivity contribution in [2.45, 2.75) is 37.7 Å². The van der Waals surface area contributed by atoms with Gasteiger partial charge in [-0.25, -0.2) is 0 Å². The minimum Gasteiger partial charge on any atom is -0.371 e. The van der Waals surface area contributed by atoms with E-state index in [9.17, 15) is 9.59 Å². The van der Waals surface area contributed by atoms with E-state index in [4.69, 9.17) is 9.26 Å². The highest BCUT2D eigenvalue weighted by Crippen LogP contribution is 2.38. The molecule has 0 aromatic carbocycles. The van der Waals surface area contributed by atoms with Crippen molar-refractivity contribution in [3.63, 3.8) is 0 Å². The predicted octanol–water partition coefficient (Wildman–Crippen LogP) is 1.21. The molecule has 1 aliphatic carbocycles. The highest BCUT2D eigenvalue weighted by molar-refractivity contribution is 5.91. The summed E-state index contributed by atoms with van der Waals surface area (Å²) in [5.74, 6) is 0.877. The Balaban J connectivity index is 1.19. The number of hydrogen-bond acceptors (Lipinski definition) is 5. The fourth-order valence-corrected chi connectivity index (χ4v) is 3.70. The van der Waals surface area contributed by atoms with Gasteiger partial charge in [0.15, 0.2) is 0 Å². The van der Waals surface area contributed by atoms with Crippen LogP contribution in [0.5, 0.6) is 0 Å². The van der Waals surface area contributed by atoms with Crippen LogP contribution in [-0.2, 0) is 9.53 Å². The molecule has 3 fully saturated rings. The van der Waals surface area contributed by atoms with Gasteiger partial charge < -0.3 is 19.5 Å². The lowest BCUT2D eigenvalue weighted by molar-refractivity contribution is -0.192. The molecule has 1 aromatic rings. The third kappa shape index (κ3) is 2.92. The molecule has 0 radical (unpaired) electrons. The van der Waals surface area contributed by atoms with E-state index in [1.54, 1.807) is 6.07 Å². The summed E-state index contributed by atoms with van der Waals surface area (Å²) in [5, 5.41) is 6.38. The lowest BCUT2D eigenvalue weighted by Crippen LogP contribution is -2.67. The van der Waals surface area contributed by atoms with Crippen molar-refractivity contribution in [1.82, 2.24) is 15.4 Å². The topological polar surface area (TPSA) is 84.7 Å². The van der Waals surface area contributed by atoms with E-state index < -0.39 is 0 Å². The van der Waals surface area contributed by atoms with Gasteiger partial charge in [-0.3, -0.25) is 9.59 Å². The van der Waals surface area contributed by atoms with Crippen LogP contribution >= 0.6 is 0 Å². The lowest BCUT2D eigenvalue weighted by Gasteiger charge is -2.54. The monoisotopic (exact) mass is 333 g/mol. The van der Waals surface area contributed by atoms with Crippen molar-refractivity contribution < 1.29 is 18.8 Å². The summed E-state index contributed by atoms with van der Waals surface area (Å²) in [5.41, 5.74) is -0.134. The molecule has 130 valence electrons. The molecule has 4 rings (SSSR count). The summed E-state index contributed by atoms with van der Waals surface area (Å²) < 4.78 is 10.9. The number of rotatable bonds is 4. The molecular weight excluding hydrogens is 310 g/mol. The number of nitrogens with one attached hydrogen (secondary N) is 1. The maximum absolute atomic E-state index is 12.2. The van der Waals surface area contributed by atoms with E-state index in [1.807, 2.05) is 4.90 Å². The highest BCUT2D eigenvalue weighted by Gasteiger charge is 2.49. The Bertz CT molecular complexity index is 595. The molecular formula is C17H23N3O4. The van der Waals surface area contributed by atoms with Gasteiger partial charge in [0.2, 0.25) is 11.7 Å². The van der Waals surface area contributed by atoms with Gasteiger partial charge in [-0.1, -0.05) is 11.6 Å². The second-order valence-corrected chi connectivity index (χ2v) is 7.31. The Kier molecular flexibility index (Phi) is 4.04. The van der Waals surface area contributed by atoms with Gasteiger partial charge in [0.25, 0.3) is 5.91 Å². The van der Waals surface area contributed by atoms with Gasteiger partial charge in [-0.2, -0.15) is 0 Å². The van der Waals surface area contributed by atoms with E-state index in [0.717, 1.165) is 38.8 Å². The lowest BCUT2D eigenvalue weighted by atomic mass is 9.79. The molecule has 1 atom stereocenters. The molecule has 2 amide bonds. The van der Waals surface area contributed by atoms with E-state index in [0.29, 0.717) is 25.0 Å². The second kappa shape index (κ2) is 6.20. The molecule has 1 saturated carbocycles. The summed E-state index contributed by atoms with van der Waals surface area (Å²) in [4.78, 5) is 26.0. The van der Waals surface area contributed by atoms with Gasteiger partial charge in [-0.05, 0) is 31.6 Å². The van der Waals surface area contributed by atoms with Gasteiger partial charge in [0, 0.05) is 18.5 Å². The minimum absolute atomic E-state index is 0.134. The predicted molar refractivity (Wildman–Crippen MR) is 84.2 cm³/mol. The zero-order chi connectivity index (χ0) is 16.6. The first-order chi connectivity index (χ1) is 11.7. The number of carbonyl (C=O) groups excluding carboxylic acids is 2. The molecule has 2 aliphatic heterocycles. The van der Waals surface area contributed by atoms with Crippen LogP contribution in [0.25, 0.3) is 0 Å². The van der Waals surface area contributed by atoms with Gasteiger partial charge in [0.1, 0.15) is 5.60 Å². The maximum Gasteiger partial charge on any atom is 0.289 e. The number of ether oxygens (including phenoxy) is 1. The largest absolute Gasteiger partial charge is 0.371 e. The average molecular weight is 333 g/mol. The van der Waals surface area contributed by atoms with Crippen LogP contribution in [0, 0.1) is 11.8 Å². The molecule has 1 spiro atoms. The number of nitrogens with zero attached hydrogens (tertiary/aromatic N) is 2. The summed E-state index contributed by atoms with van der Waals surface area (Å²) in [6.07, 6.45) is 6.70. The fraction of sp³-hybridized carbons (Fsp3) is 0.706. The Morgan fingerprint density at radius 1 is 1.33 bits per heavy atom. The Morgan fingerprint density at radius 2 is 2.17 bits per heavy atom. The van der Waals surface area contributed by atoms with E-state index in [2.05, 4.69) is 10.5 Å². The zero-order valence-electron chi connectivity index (χ0n) is 13.7. The maximum atomic E-state index is 12.2. The molecule has 7 heteroatoms. The molecule has 24 heavy (non-hydrogen) atoms. The van der Waals surface area contributed by atoms with E-state index in [-0.39, 0.29) is 23.2 Å². The first-order valence-corrected chi connectivity index (χ1v) is 8.77. The molecule has 2 saturated heterocycles. The van der Waals surface area contributed by atoms with Crippen molar-refractivity contribution in [1.29, 1.82) is 0 Å². The number of amides is 2. The third-order valence-corrected chi connectivity index (χ3v) is 5.57. The number of likely N-dealkylation sites (tertiary alicyclic amines) is 1. The molecule has 0 unspecified atom stereocenters. The van der Waals surface area contributed by atoms with Crippen molar-refractivity contribution in [3.05, 3.63) is 18.0 Å². The van der Waals surface area contributed by atoms with Crippen LogP contribution in [0.3, 0.4) is 0 Å². The number of carbonyl (C=O) groups is 2. The van der Waals surface area contributed by atoms with Crippen LogP contribution in [0.1, 0.15) is 42.7 Å². The molecule has 0 bridgehead atoms.